The molecule has 0 spiro atoms. The number of aliphatic imine (C=N–C) groups is 1. The highest BCUT2D eigenvalue weighted by Crippen LogP contribution is 2.29. The Bertz CT molecular complexity index is 461. The molecule has 144 valence electrons. The van der Waals surface area contributed by atoms with Crippen molar-refractivity contribution in [3.63, 3.8) is 0 Å². The Morgan fingerprint density at radius 1 is 1.32 bits per heavy atom. The molecule has 2 unspecified atom stereocenters. The van der Waals surface area contributed by atoms with Crippen molar-refractivity contribution in [3.05, 3.63) is 0 Å². The summed E-state index contributed by atoms with van der Waals surface area (Å²) in [6, 6.07) is 0.258. The number of hydrogen-bond donors (Lipinski definition) is 3. The van der Waals surface area contributed by atoms with E-state index in [0.717, 1.165) is 44.5 Å². The number of rotatable bonds is 5. The van der Waals surface area contributed by atoms with E-state index in [9.17, 15) is 9.90 Å². The Labute approximate surface area is 151 Å². The Hall–Kier alpha value is -1.34. The smallest absolute Gasteiger partial charge is 0.225 e. The average Bonchev–Trinajstić information content (AvgIpc) is 2.65. The van der Waals surface area contributed by atoms with Crippen LogP contribution in [-0.4, -0.2) is 75.4 Å². The van der Waals surface area contributed by atoms with E-state index in [1.54, 1.807) is 11.9 Å². The van der Waals surface area contributed by atoms with E-state index in [-0.39, 0.29) is 29.9 Å². The second-order valence-electron chi connectivity index (χ2n) is 7.63. The average molecular weight is 354 g/mol. The lowest BCUT2D eigenvalue weighted by Gasteiger charge is -2.36. The Morgan fingerprint density at radius 3 is 2.64 bits per heavy atom. The predicted octanol–water partition coefficient (Wildman–Crippen LogP) is 0.588. The third kappa shape index (κ3) is 5.57. The number of hydrogen-bond acceptors (Lipinski definition) is 4. The summed E-state index contributed by atoms with van der Waals surface area (Å²) in [7, 11) is 5.40. The SMILES string of the molecule is CN=C(NCC1(CO)CCOCC1)NC1CCCC(C(=O)N(C)C)C1. The number of carbonyl (C=O) groups is 1. The summed E-state index contributed by atoms with van der Waals surface area (Å²) in [4.78, 5) is 18.2. The topological polar surface area (TPSA) is 86.2 Å². The van der Waals surface area contributed by atoms with Gasteiger partial charge >= 0.3 is 0 Å². The summed E-state index contributed by atoms with van der Waals surface area (Å²) in [5.74, 6) is 1.07. The van der Waals surface area contributed by atoms with Crippen LogP contribution < -0.4 is 10.6 Å². The van der Waals surface area contributed by atoms with Crippen molar-refractivity contribution in [2.24, 2.45) is 16.3 Å². The lowest BCUT2D eigenvalue weighted by molar-refractivity contribution is -0.134. The monoisotopic (exact) mass is 354 g/mol. The van der Waals surface area contributed by atoms with Crippen molar-refractivity contribution in [1.82, 2.24) is 15.5 Å². The van der Waals surface area contributed by atoms with Crippen LogP contribution in [0.4, 0.5) is 0 Å². The fourth-order valence-corrected chi connectivity index (χ4v) is 3.76. The molecule has 0 aromatic carbocycles. The molecule has 0 radical (unpaired) electrons. The van der Waals surface area contributed by atoms with E-state index < -0.39 is 0 Å². The van der Waals surface area contributed by atoms with Gasteiger partial charge in [-0.25, -0.2) is 0 Å². The molecule has 1 amide bonds. The number of aliphatic hydroxyl groups excluding tert-OH is 1. The van der Waals surface area contributed by atoms with Crippen LogP contribution in [0.1, 0.15) is 38.5 Å². The van der Waals surface area contributed by atoms with Gasteiger partial charge in [-0.2, -0.15) is 0 Å². The van der Waals surface area contributed by atoms with Gasteiger partial charge in [0.15, 0.2) is 5.96 Å². The standard InChI is InChI=1S/C18H34N4O3/c1-19-17(20-12-18(13-23)7-9-25-10-8-18)21-15-6-4-5-14(11-15)16(24)22(2)3/h14-15,23H,4-13H2,1-3H3,(H2,19,20,21). The Balaban J connectivity index is 1.85. The highest BCUT2D eigenvalue weighted by atomic mass is 16.5. The van der Waals surface area contributed by atoms with Crippen molar-refractivity contribution in [1.29, 1.82) is 0 Å². The van der Waals surface area contributed by atoms with E-state index in [1.807, 2.05) is 14.1 Å². The van der Waals surface area contributed by atoms with E-state index in [2.05, 4.69) is 15.6 Å². The maximum Gasteiger partial charge on any atom is 0.225 e. The summed E-state index contributed by atoms with van der Waals surface area (Å²) in [6.07, 6.45) is 5.63. The first kappa shape index (κ1) is 20.0. The van der Waals surface area contributed by atoms with Crippen molar-refractivity contribution >= 4 is 11.9 Å². The van der Waals surface area contributed by atoms with Crippen molar-refractivity contribution in [3.8, 4) is 0 Å². The van der Waals surface area contributed by atoms with Gasteiger partial charge in [0.25, 0.3) is 0 Å². The van der Waals surface area contributed by atoms with E-state index >= 15 is 0 Å². The molecule has 2 aliphatic rings. The number of guanidine groups is 1. The molecule has 1 saturated carbocycles. The fraction of sp³-hybridized carbons (Fsp3) is 0.889. The van der Waals surface area contributed by atoms with Crippen LogP contribution in [0.5, 0.6) is 0 Å². The first-order chi connectivity index (χ1) is 12.0. The normalized spacial score (nSPS) is 26.8. The van der Waals surface area contributed by atoms with Crippen molar-refractivity contribution < 1.29 is 14.6 Å². The largest absolute Gasteiger partial charge is 0.396 e. The van der Waals surface area contributed by atoms with Crippen molar-refractivity contribution in [2.75, 3.05) is 47.5 Å². The lowest BCUT2D eigenvalue weighted by atomic mass is 9.81. The zero-order chi connectivity index (χ0) is 18.3. The minimum Gasteiger partial charge on any atom is -0.396 e. The molecule has 7 heteroatoms. The number of nitrogens with zero attached hydrogens (tertiary/aromatic N) is 2. The summed E-state index contributed by atoms with van der Waals surface area (Å²) in [5, 5.41) is 16.6. The maximum atomic E-state index is 12.2. The van der Waals surface area contributed by atoms with Gasteiger partial charge in [-0.15, -0.1) is 0 Å². The maximum absolute atomic E-state index is 12.2. The first-order valence-electron chi connectivity index (χ1n) is 9.36. The van der Waals surface area contributed by atoms with Gasteiger partial charge in [0.05, 0.1) is 6.61 Å². The first-order valence-corrected chi connectivity index (χ1v) is 9.36. The zero-order valence-electron chi connectivity index (χ0n) is 15.9. The quantitative estimate of drug-likeness (QED) is 0.497. The van der Waals surface area contributed by atoms with Crippen LogP contribution in [0.2, 0.25) is 0 Å². The number of ether oxygens (including phenoxy) is 1. The van der Waals surface area contributed by atoms with Gasteiger partial charge in [-0.1, -0.05) is 6.42 Å². The summed E-state index contributed by atoms with van der Waals surface area (Å²) in [6.45, 7) is 2.24. The Morgan fingerprint density at radius 2 is 2.04 bits per heavy atom. The van der Waals surface area contributed by atoms with Gasteiger partial charge < -0.3 is 25.4 Å². The second-order valence-corrected chi connectivity index (χ2v) is 7.63. The van der Waals surface area contributed by atoms with Crippen LogP contribution in [0.15, 0.2) is 4.99 Å². The molecule has 1 aliphatic heterocycles. The molecule has 0 aromatic heterocycles. The highest BCUT2D eigenvalue weighted by Gasteiger charge is 2.33. The third-order valence-corrected chi connectivity index (χ3v) is 5.55. The number of carbonyl (C=O) groups excluding carboxylic acids is 1. The minimum absolute atomic E-state index is 0.0960. The number of nitrogens with one attached hydrogen (secondary N) is 2. The van der Waals surface area contributed by atoms with Crippen LogP contribution in [0.25, 0.3) is 0 Å². The number of aliphatic hydroxyl groups is 1. The highest BCUT2D eigenvalue weighted by molar-refractivity contribution is 5.81. The molecule has 1 heterocycles. The lowest BCUT2D eigenvalue weighted by Crippen LogP contribution is -2.51. The van der Waals surface area contributed by atoms with Crippen LogP contribution >= 0.6 is 0 Å². The van der Waals surface area contributed by atoms with Gasteiger partial charge in [0.1, 0.15) is 0 Å². The third-order valence-electron chi connectivity index (χ3n) is 5.55. The van der Waals surface area contributed by atoms with Crippen LogP contribution in [-0.2, 0) is 9.53 Å². The van der Waals surface area contributed by atoms with E-state index in [1.165, 1.54) is 0 Å². The zero-order valence-corrected chi connectivity index (χ0v) is 15.9. The van der Waals surface area contributed by atoms with Gasteiger partial charge in [-0.3, -0.25) is 9.79 Å². The molecule has 2 rings (SSSR count). The van der Waals surface area contributed by atoms with Gasteiger partial charge in [-0.05, 0) is 32.1 Å². The van der Waals surface area contributed by atoms with Crippen LogP contribution in [0, 0.1) is 11.3 Å². The summed E-state index contributed by atoms with van der Waals surface area (Å²) >= 11 is 0. The molecular formula is C18H34N4O3. The molecule has 0 bridgehead atoms. The number of amides is 1. The molecular weight excluding hydrogens is 320 g/mol. The predicted molar refractivity (Wildman–Crippen MR) is 98.5 cm³/mol. The van der Waals surface area contributed by atoms with E-state index in [0.29, 0.717) is 19.8 Å². The molecule has 7 nitrogen and oxygen atoms in total. The molecule has 1 saturated heterocycles. The van der Waals surface area contributed by atoms with Crippen molar-refractivity contribution in [2.45, 2.75) is 44.6 Å². The molecule has 2 atom stereocenters. The van der Waals surface area contributed by atoms with Gasteiger partial charge in [0, 0.05) is 58.3 Å². The molecule has 25 heavy (non-hydrogen) atoms. The van der Waals surface area contributed by atoms with Gasteiger partial charge in [0.2, 0.25) is 5.91 Å². The molecule has 3 N–H and O–H groups in total. The molecule has 2 fully saturated rings. The molecule has 1 aliphatic carbocycles. The van der Waals surface area contributed by atoms with Crippen LogP contribution in [0.3, 0.4) is 0 Å². The minimum atomic E-state index is -0.133. The summed E-state index contributed by atoms with van der Waals surface area (Å²) < 4.78 is 5.41. The Kier molecular flexibility index (Phi) is 7.50. The molecule has 0 aromatic rings. The van der Waals surface area contributed by atoms with E-state index in [4.69, 9.17) is 4.74 Å². The summed E-state index contributed by atoms with van der Waals surface area (Å²) in [5.41, 5.74) is -0.133. The fourth-order valence-electron chi connectivity index (χ4n) is 3.76. The second kappa shape index (κ2) is 9.38.